The van der Waals surface area contributed by atoms with Crippen LogP contribution in [0, 0.1) is 0 Å². The Labute approximate surface area is 175 Å². The van der Waals surface area contributed by atoms with Crippen molar-refractivity contribution in [2.75, 3.05) is 6.61 Å². The van der Waals surface area contributed by atoms with Gasteiger partial charge < -0.3 is 14.7 Å². The van der Waals surface area contributed by atoms with Crippen LogP contribution in [0.25, 0.3) is 0 Å². The lowest BCUT2D eigenvalue weighted by molar-refractivity contribution is 0.191. The molecule has 168 valence electrons. The average Bonchev–Trinajstić information content (AvgIpc) is 2.51. The van der Waals surface area contributed by atoms with E-state index in [9.17, 15) is 14.0 Å². The number of allylic oxidation sites excluding steroid dienone is 7. The average molecular weight is 450 g/mol. The summed E-state index contributed by atoms with van der Waals surface area (Å²) < 4.78 is 30.1. The van der Waals surface area contributed by atoms with Gasteiger partial charge in [0, 0.05) is 0 Å². The maximum absolute atomic E-state index is 11.3. The molecule has 0 aromatic rings. The Morgan fingerprint density at radius 2 is 1.14 bits per heavy atom. The molecule has 29 heavy (non-hydrogen) atoms. The van der Waals surface area contributed by atoms with Gasteiger partial charge >= 0.3 is 15.6 Å². The Kier molecular flexibility index (Phi) is 13.9. The number of hydrogen-bond donors (Lipinski definition) is 3. The van der Waals surface area contributed by atoms with Crippen molar-refractivity contribution in [3.8, 4) is 0 Å². The summed E-state index contributed by atoms with van der Waals surface area (Å²) in [6, 6.07) is 0. The van der Waals surface area contributed by atoms with Crippen molar-refractivity contribution in [1.82, 2.24) is 0 Å². The molecule has 0 saturated carbocycles. The minimum absolute atomic E-state index is 0.265. The molecule has 0 saturated heterocycles. The topological polar surface area (TPSA) is 113 Å². The minimum Gasteiger partial charge on any atom is -0.302 e. The SMILES string of the molecule is CC(C)=CCC/C(C)=C\CC/C(C)=C\CC/C(C)=C\COP(=O)(O)OP(=O)(O)O. The highest BCUT2D eigenvalue weighted by Gasteiger charge is 2.31. The second-order valence-electron chi connectivity index (χ2n) is 7.39. The van der Waals surface area contributed by atoms with Gasteiger partial charge in [-0.25, -0.2) is 9.13 Å². The molecule has 0 fully saturated rings. The fourth-order valence-corrected chi connectivity index (χ4v) is 3.95. The lowest BCUT2D eigenvalue weighted by atomic mass is 10.0. The van der Waals surface area contributed by atoms with Crippen molar-refractivity contribution in [1.29, 1.82) is 0 Å². The Balaban J connectivity index is 4.20. The van der Waals surface area contributed by atoms with E-state index in [1.54, 1.807) is 6.08 Å². The van der Waals surface area contributed by atoms with Crippen molar-refractivity contribution in [3.63, 3.8) is 0 Å². The second kappa shape index (κ2) is 14.3. The van der Waals surface area contributed by atoms with Crippen LogP contribution in [0.4, 0.5) is 0 Å². The Bertz CT molecular complexity index is 710. The van der Waals surface area contributed by atoms with Gasteiger partial charge in [0.15, 0.2) is 0 Å². The van der Waals surface area contributed by atoms with E-state index in [4.69, 9.17) is 9.79 Å². The predicted octanol–water partition coefficient (Wildman–Crippen LogP) is 6.36. The Morgan fingerprint density at radius 1 is 0.724 bits per heavy atom. The van der Waals surface area contributed by atoms with Crippen molar-refractivity contribution >= 4 is 15.6 Å². The van der Waals surface area contributed by atoms with E-state index in [1.807, 2.05) is 6.92 Å². The zero-order valence-corrected chi connectivity index (χ0v) is 19.9. The smallest absolute Gasteiger partial charge is 0.302 e. The Morgan fingerprint density at radius 3 is 1.55 bits per heavy atom. The van der Waals surface area contributed by atoms with Gasteiger partial charge in [-0.15, -0.1) is 0 Å². The second-order valence-corrected chi connectivity index (χ2v) is 10.2. The zero-order valence-electron chi connectivity index (χ0n) is 18.1. The summed E-state index contributed by atoms with van der Waals surface area (Å²) in [6.45, 7) is 10.1. The summed E-state index contributed by atoms with van der Waals surface area (Å²) in [5.74, 6) is 0. The van der Waals surface area contributed by atoms with Gasteiger partial charge in [0.2, 0.25) is 0 Å². The maximum atomic E-state index is 11.3. The number of hydrogen-bond acceptors (Lipinski definition) is 4. The fourth-order valence-electron chi connectivity index (χ4n) is 2.42. The van der Waals surface area contributed by atoms with Crippen LogP contribution in [-0.4, -0.2) is 21.3 Å². The Hall–Kier alpha value is -0.780. The molecular weight excluding hydrogens is 414 g/mol. The van der Waals surface area contributed by atoms with Gasteiger partial charge in [0.25, 0.3) is 0 Å². The van der Waals surface area contributed by atoms with Gasteiger partial charge in [-0.1, -0.05) is 46.6 Å². The summed E-state index contributed by atoms with van der Waals surface area (Å²) in [5.41, 5.74) is 5.03. The third-order valence-electron chi connectivity index (χ3n) is 4.03. The minimum atomic E-state index is -5.08. The van der Waals surface area contributed by atoms with Crippen LogP contribution in [0.1, 0.15) is 73.1 Å². The summed E-state index contributed by atoms with van der Waals surface area (Å²) in [4.78, 5) is 26.2. The van der Waals surface area contributed by atoms with Gasteiger partial charge in [0.05, 0.1) is 6.61 Å². The maximum Gasteiger partial charge on any atom is 0.481 e. The van der Waals surface area contributed by atoms with Crippen molar-refractivity contribution < 1.29 is 32.6 Å². The molecule has 1 unspecified atom stereocenters. The summed E-state index contributed by atoms with van der Waals surface area (Å²) in [6.07, 6.45) is 14.1. The molecule has 9 heteroatoms. The molecular formula is C20H36O7P2. The van der Waals surface area contributed by atoms with Gasteiger partial charge in [-0.3, -0.25) is 4.52 Å². The highest BCUT2D eigenvalue weighted by molar-refractivity contribution is 7.60. The number of phosphoric acid groups is 2. The molecule has 0 aliphatic heterocycles. The highest BCUT2D eigenvalue weighted by Crippen LogP contribution is 2.57. The third kappa shape index (κ3) is 19.0. The normalized spacial score (nSPS) is 15.9. The molecule has 0 bridgehead atoms. The lowest BCUT2D eigenvalue weighted by Gasteiger charge is -2.11. The van der Waals surface area contributed by atoms with Crippen molar-refractivity contribution in [2.24, 2.45) is 0 Å². The first kappa shape index (κ1) is 28.2. The van der Waals surface area contributed by atoms with E-state index < -0.39 is 15.6 Å². The van der Waals surface area contributed by atoms with E-state index in [2.05, 4.69) is 54.8 Å². The van der Waals surface area contributed by atoms with Gasteiger partial charge in [-0.05, 0) is 73.1 Å². The number of rotatable bonds is 14. The molecule has 7 nitrogen and oxygen atoms in total. The van der Waals surface area contributed by atoms with Crippen LogP contribution in [0.5, 0.6) is 0 Å². The zero-order chi connectivity index (χ0) is 22.5. The van der Waals surface area contributed by atoms with Crippen LogP contribution in [-0.2, 0) is 18.0 Å². The highest BCUT2D eigenvalue weighted by atomic mass is 31.3. The first-order valence-corrected chi connectivity index (χ1v) is 12.7. The fraction of sp³-hybridized carbons (Fsp3) is 0.600. The van der Waals surface area contributed by atoms with Crippen molar-refractivity contribution in [2.45, 2.75) is 73.1 Å². The van der Waals surface area contributed by atoms with Crippen LogP contribution in [0.15, 0.2) is 46.6 Å². The quantitative estimate of drug-likeness (QED) is 0.208. The van der Waals surface area contributed by atoms with Crippen LogP contribution >= 0.6 is 15.6 Å². The summed E-state index contributed by atoms with van der Waals surface area (Å²) >= 11 is 0. The molecule has 0 aromatic heterocycles. The molecule has 0 amide bonds. The third-order valence-corrected chi connectivity index (χ3v) is 6.18. The molecule has 0 heterocycles. The van der Waals surface area contributed by atoms with E-state index >= 15 is 0 Å². The van der Waals surface area contributed by atoms with E-state index in [-0.39, 0.29) is 6.61 Å². The standard InChI is InChI=1S/C20H36O7P2/c1-17(2)9-6-10-18(3)11-7-12-19(4)13-8-14-20(5)15-16-26-29(24,25)27-28(21,22)23/h9,11,13,15H,6-8,10,12,14,16H2,1-5H3,(H,24,25)(H2,21,22,23)/b18-11-,19-13-,20-15-. The molecule has 0 radical (unpaired) electrons. The molecule has 0 aliphatic carbocycles. The van der Waals surface area contributed by atoms with Crippen LogP contribution in [0.2, 0.25) is 0 Å². The monoisotopic (exact) mass is 450 g/mol. The molecule has 0 rings (SSSR count). The molecule has 0 spiro atoms. The molecule has 0 aliphatic rings. The van der Waals surface area contributed by atoms with Crippen LogP contribution in [0.3, 0.4) is 0 Å². The van der Waals surface area contributed by atoms with Crippen molar-refractivity contribution in [3.05, 3.63) is 46.6 Å². The molecule has 0 aromatic carbocycles. The molecule has 3 N–H and O–H groups in total. The lowest BCUT2D eigenvalue weighted by Crippen LogP contribution is -1.94. The van der Waals surface area contributed by atoms with E-state index in [0.717, 1.165) is 44.1 Å². The summed E-state index contributed by atoms with van der Waals surface area (Å²) in [7, 11) is -9.85. The van der Waals surface area contributed by atoms with Gasteiger partial charge in [-0.2, -0.15) is 4.31 Å². The van der Waals surface area contributed by atoms with Crippen LogP contribution < -0.4 is 0 Å². The first-order chi connectivity index (χ1) is 13.3. The number of phosphoric ester groups is 1. The van der Waals surface area contributed by atoms with Gasteiger partial charge in [0.1, 0.15) is 0 Å². The van der Waals surface area contributed by atoms with E-state index in [1.165, 1.54) is 16.7 Å². The first-order valence-electron chi connectivity index (χ1n) is 9.65. The van der Waals surface area contributed by atoms with E-state index in [0.29, 0.717) is 0 Å². The molecule has 1 atom stereocenters. The summed E-state index contributed by atoms with van der Waals surface area (Å²) in [5, 5.41) is 0. The predicted molar refractivity (Wildman–Crippen MR) is 117 cm³/mol. The largest absolute Gasteiger partial charge is 0.481 e.